The van der Waals surface area contributed by atoms with Crippen LogP contribution < -0.4 is 0 Å². The molecule has 0 unspecified atom stereocenters. The molecule has 0 N–H and O–H groups in total. The number of ether oxygens (including phenoxy) is 1. The van der Waals surface area contributed by atoms with Gasteiger partial charge in [-0.3, -0.25) is 14.5 Å². The van der Waals surface area contributed by atoms with Crippen molar-refractivity contribution in [3.63, 3.8) is 0 Å². The van der Waals surface area contributed by atoms with E-state index in [2.05, 4.69) is 19.7 Å². The van der Waals surface area contributed by atoms with Crippen LogP contribution in [0.3, 0.4) is 0 Å². The number of pyridine rings is 1. The first-order valence-electron chi connectivity index (χ1n) is 12.0. The highest BCUT2D eigenvalue weighted by Gasteiger charge is 2.33. The van der Waals surface area contributed by atoms with E-state index in [1.54, 1.807) is 17.2 Å². The Morgan fingerprint density at radius 3 is 2.54 bits per heavy atom. The van der Waals surface area contributed by atoms with Crippen molar-refractivity contribution in [3.05, 3.63) is 70.3 Å². The summed E-state index contributed by atoms with van der Waals surface area (Å²) in [7, 11) is 0. The van der Waals surface area contributed by atoms with Gasteiger partial charge in [0.05, 0.1) is 24.5 Å². The molecule has 35 heavy (non-hydrogen) atoms. The summed E-state index contributed by atoms with van der Waals surface area (Å²) >= 11 is 6.33. The van der Waals surface area contributed by atoms with Crippen molar-refractivity contribution in [1.29, 1.82) is 0 Å². The Kier molecular flexibility index (Phi) is 6.25. The molecule has 1 aromatic carbocycles. The highest BCUT2D eigenvalue weighted by atomic mass is 35.5. The first kappa shape index (κ1) is 23.7. The van der Waals surface area contributed by atoms with Crippen LogP contribution in [0.25, 0.3) is 5.69 Å². The number of benzene rings is 1. The van der Waals surface area contributed by atoms with Gasteiger partial charge in [0, 0.05) is 23.1 Å². The Morgan fingerprint density at radius 2 is 1.83 bits per heavy atom. The molecule has 1 aliphatic heterocycles. The molecule has 1 amide bonds. The summed E-state index contributed by atoms with van der Waals surface area (Å²) in [6.07, 6.45) is 4.63. The fourth-order valence-corrected chi connectivity index (χ4v) is 5.26. The number of nitrogens with zero attached hydrogens (tertiary/aromatic N) is 5. The molecular weight excluding hydrogens is 469 g/mol. The van der Waals surface area contributed by atoms with Crippen molar-refractivity contribution in [2.24, 2.45) is 0 Å². The van der Waals surface area contributed by atoms with Gasteiger partial charge in [0.25, 0.3) is 0 Å². The average molecular weight is 498 g/mol. The summed E-state index contributed by atoms with van der Waals surface area (Å²) in [5, 5.41) is 9.67. The molecule has 1 fully saturated rings. The van der Waals surface area contributed by atoms with Crippen molar-refractivity contribution < 1.29 is 13.9 Å². The van der Waals surface area contributed by atoms with Gasteiger partial charge in [0.2, 0.25) is 0 Å². The second-order valence-electron chi connectivity index (χ2n) is 10.3. The predicted octanol–water partition coefficient (Wildman–Crippen LogP) is 6.15. The lowest BCUT2D eigenvalue weighted by Gasteiger charge is -2.28. The van der Waals surface area contributed by atoms with Crippen molar-refractivity contribution >= 4 is 17.7 Å². The molecule has 0 radical (unpaired) electrons. The molecule has 5 rings (SSSR count). The monoisotopic (exact) mass is 497 g/mol. The van der Waals surface area contributed by atoms with Gasteiger partial charge in [-0.2, -0.15) is 0 Å². The minimum absolute atomic E-state index is 0.104. The Labute approximate surface area is 209 Å². The Morgan fingerprint density at radius 1 is 1.09 bits per heavy atom. The van der Waals surface area contributed by atoms with E-state index in [4.69, 9.17) is 16.3 Å². The van der Waals surface area contributed by atoms with Crippen molar-refractivity contribution in [2.45, 2.75) is 77.0 Å². The molecule has 3 heterocycles. The zero-order valence-corrected chi connectivity index (χ0v) is 20.9. The highest BCUT2D eigenvalue weighted by molar-refractivity contribution is 6.30. The first-order valence-corrected chi connectivity index (χ1v) is 12.4. The van der Waals surface area contributed by atoms with E-state index in [-0.39, 0.29) is 24.2 Å². The minimum Gasteiger partial charge on any atom is -0.444 e. The van der Waals surface area contributed by atoms with Gasteiger partial charge in [0.1, 0.15) is 17.2 Å². The van der Waals surface area contributed by atoms with Gasteiger partial charge in [-0.15, -0.1) is 10.2 Å². The topological polar surface area (TPSA) is 73.1 Å². The molecule has 1 saturated carbocycles. The molecule has 0 bridgehead atoms. The lowest BCUT2D eigenvalue weighted by Crippen LogP contribution is -2.35. The number of halogens is 2. The predicted molar refractivity (Wildman–Crippen MR) is 130 cm³/mol. The molecule has 2 aliphatic rings. The Balaban J connectivity index is 1.44. The van der Waals surface area contributed by atoms with Gasteiger partial charge < -0.3 is 4.74 Å². The first-order chi connectivity index (χ1) is 16.7. The van der Waals surface area contributed by atoms with Crippen molar-refractivity contribution in [1.82, 2.24) is 24.6 Å². The van der Waals surface area contributed by atoms with Gasteiger partial charge in [-0.05, 0) is 82.3 Å². The summed E-state index contributed by atoms with van der Waals surface area (Å²) in [4.78, 5) is 18.9. The standard InChI is InChI=1S/C26H29ClFN5O2/c1-26(2,3)35-25(34)32-14-18-13-19(27)10-11-21(18)33-22(15-32)30-31-24(33)17-8-6-16(7-9-17)23-20(28)5-4-12-29-23/h4-5,10-13,16-17H,6-9,14-15H2,1-3H3/t16-,17+. The van der Waals surface area contributed by atoms with Crippen LogP contribution in [0.5, 0.6) is 0 Å². The van der Waals surface area contributed by atoms with E-state index in [0.717, 1.165) is 42.8 Å². The van der Waals surface area contributed by atoms with Crippen LogP contribution in [-0.4, -0.2) is 36.3 Å². The normalized spacial score (nSPS) is 20.1. The maximum atomic E-state index is 14.3. The fourth-order valence-electron chi connectivity index (χ4n) is 5.07. The van der Waals surface area contributed by atoms with Crippen LogP contribution in [0.2, 0.25) is 5.02 Å². The SMILES string of the molecule is CC(C)(C)OC(=O)N1Cc2cc(Cl)ccc2-n2c(nnc2[C@H]2CC[C@@H](c3ncccc3F)CC2)C1. The largest absolute Gasteiger partial charge is 0.444 e. The third kappa shape index (κ3) is 4.89. The molecule has 3 aromatic rings. The maximum absolute atomic E-state index is 14.3. The van der Waals surface area contributed by atoms with Crippen molar-refractivity contribution in [3.8, 4) is 5.69 Å². The summed E-state index contributed by atoms with van der Waals surface area (Å²) in [5.41, 5.74) is 1.78. The minimum atomic E-state index is -0.606. The molecule has 0 atom stereocenters. The third-order valence-corrected chi connectivity index (χ3v) is 6.88. The molecule has 1 aliphatic carbocycles. The lowest BCUT2D eigenvalue weighted by atomic mass is 9.79. The molecule has 9 heteroatoms. The summed E-state index contributed by atoms with van der Waals surface area (Å²) in [6, 6.07) is 8.79. The zero-order chi connectivity index (χ0) is 24.7. The number of amides is 1. The van der Waals surface area contributed by atoms with E-state index < -0.39 is 11.7 Å². The Bertz CT molecular complexity index is 1250. The van der Waals surface area contributed by atoms with Crippen molar-refractivity contribution in [2.75, 3.05) is 0 Å². The van der Waals surface area contributed by atoms with E-state index in [9.17, 15) is 9.18 Å². The van der Waals surface area contributed by atoms with E-state index in [0.29, 0.717) is 23.1 Å². The number of carbonyl (C=O) groups excluding carboxylic acids is 1. The molecule has 184 valence electrons. The van der Waals surface area contributed by atoms with Crippen LogP contribution >= 0.6 is 11.6 Å². The van der Waals surface area contributed by atoms with Crippen LogP contribution in [0.4, 0.5) is 9.18 Å². The molecular formula is C26H29ClFN5O2. The number of hydrogen-bond donors (Lipinski definition) is 0. The molecule has 0 spiro atoms. The van der Waals surface area contributed by atoms with Gasteiger partial charge >= 0.3 is 6.09 Å². The number of rotatable bonds is 2. The number of aromatic nitrogens is 4. The van der Waals surface area contributed by atoms with Crippen LogP contribution in [0.15, 0.2) is 36.5 Å². The van der Waals surface area contributed by atoms with Gasteiger partial charge in [0.15, 0.2) is 5.82 Å². The summed E-state index contributed by atoms with van der Waals surface area (Å²) < 4.78 is 22.0. The smallest absolute Gasteiger partial charge is 0.411 e. The number of hydrogen-bond acceptors (Lipinski definition) is 5. The zero-order valence-electron chi connectivity index (χ0n) is 20.2. The van der Waals surface area contributed by atoms with Gasteiger partial charge in [-0.1, -0.05) is 11.6 Å². The molecule has 2 aromatic heterocycles. The highest BCUT2D eigenvalue weighted by Crippen LogP contribution is 2.41. The van der Waals surface area contributed by atoms with E-state index >= 15 is 0 Å². The Hall–Kier alpha value is -3.00. The summed E-state index contributed by atoms with van der Waals surface area (Å²) in [5.74, 6) is 1.60. The average Bonchev–Trinajstić information content (AvgIpc) is 3.14. The number of carbonyl (C=O) groups is 1. The second kappa shape index (κ2) is 9.22. The summed E-state index contributed by atoms with van der Waals surface area (Å²) in [6.45, 7) is 6.19. The van der Waals surface area contributed by atoms with Crippen LogP contribution in [0, 0.1) is 5.82 Å². The number of fused-ring (bicyclic) bond motifs is 3. The molecule has 7 nitrogen and oxygen atoms in total. The third-order valence-electron chi connectivity index (χ3n) is 6.65. The fraction of sp³-hybridized carbons (Fsp3) is 0.462. The van der Waals surface area contributed by atoms with Crippen LogP contribution in [-0.2, 0) is 17.8 Å². The van der Waals surface area contributed by atoms with E-state index in [1.807, 2.05) is 39.0 Å². The van der Waals surface area contributed by atoms with Crippen LogP contribution in [0.1, 0.15) is 81.2 Å². The maximum Gasteiger partial charge on any atom is 0.411 e. The second-order valence-corrected chi connectivity index (χ2v) is 10.8. The lowest BCUT2D eigenvalue weighted by molar-refractivity contribution is 0.0214. The molecule has 0 saturated heterocycles. The quantitative estimate of drug-likeness (QED) is 0.424. The van der Waals surface area contributed by atoms with Gasteiger partial charge in [-0.25, -0.2) is 9.18 Å². The van der Waals surface area contributed by atoms with E-state index in [1.165, 1.54) is 6.07 Å².